The van der Waals surface area contributed by atoms with E-state index in [0.717, 1.165) is 11.1 Å². The van der Waals surface area contributed by atoms with Gasteiger partial charge in [0.15, 0.2) is 11.5 Å². The van der Waals surface area contributed by atoms with E-state index in [9.17, 15) is 5.11 Å². The predicted octanol–water partition coefficient (Wildman–Crippen LogP) is 4.13. The zero-order valence-electron chi connectivity index (χ0n) is 13.3. The van der Waals surface area contributed by atoms with Crippen LogP contribution in [0.25, 0.3) is 0 Å². The lowest BCUT2D eigenvalue weighted by atomic mass is 9.97. The van der Waals surface area contributed by atoms with Crippen molar-refractivity contribution in [2.24, 2.45) is 0 Å². The van der Waals surface area contributed by atoms with Crippen LogP contribution in [0.2, 0.25) is 0 Å². The molecule has 3 aromatic rings. The SMILES string of the molecule is N#CCc1cc(O)c2c(c1)OC(c1ccccc1)(c1ccccc1)O2. The van der Waals surface area contributed by atoms with Gasteiger partial charge < -0.3 is 14.6 Å². The van der Waals surface area contributed by atoms with Crippen molar-refractivity contribution < 1.29 is 14.6 Å². The Bertz CT molecular complexity index is 907. The summed E-state index contributed by atoms with van der Waals surface area (Å²) in [6.45, 7) is 0. The molecule has 0 bridgehead atoms. The number of rotatable bonds is 3. The molecule has 0 saturated carbocycles. The van der Waals surface area contributed by atoms with Gasteiger partial charge in [0.2, 0.25) is 5.75 Å². The van der Waals surface area contributed by atoms with Crippen molar-refractivity contribution in [2.45, 2.75) is 12.2 Å². The van der Waals surface area contributed by atoms with Gasteiger partial charge in [0.25, 0.3) is 0 Å². The van der Waals surface area contributed by atoms with Gasteiger partial charge in [-0.1, -0.05) is 60.7 Å². The average molecular weight is 329 g/mol. The predicted molar refractivity (Wildman–Crippen MR) is 92.3 cm³/mol. The van der Waals surface area contributed by atoms with Crippen molar-refractivity contribution in [1.29, 1.82) is 5.26 Å². The monoisotopic (exact) mass is 329 g/mol. The summed E-state index contributed by atoms with van der Waals surface area (Å²) < 4.78 is 12.4. The molecular formula is C21H15NO3. The second kappa shape index (κ2) is 5.88. The van der Waals surface area contributed by atoms with E-state index in [0.29, 0.717) is 11.3 Å². The summed E-state index contributed by atoms with van der Waals surface area (Å²) in [7, 11) is 0. The quantitative estimate of drug-likeness (QED) is 0.785. The van der Waals surface area contributed by atoms with Crippen LogP contribution < -0.4 is 9.47 Å². The number of benzene rings is 3. The number of hydrogen-bond donors (Lipinski definition) is 1. The fourth-order valence-corrected chi connectivity index (χ4v) is 3.05. The summed E-state index contributed by atoms with van der Waals surface area (Å²) in [5, 5.41) is 19.3. The third-order valence-corrected chi connectivity index (χ3v) is 4.19. The van der Waals surface area contributed by atoms with Gasteiger partial charge in [-0.15, -0.1) is 0 Å². The molecule has 0 atom stereocenters. The maximum absolute atomic E-state index is 10.4. The molecule has 25 heavy (non-hydrogen) atoms. The van der Waals surface area contributed by atoms with Crippen LogP contribution in [0.5, 0.6) is 17.2 Å². The molecule has 0 aliphatic carbocycles. The first-order valence-corrected chi connectivity index (χ1v) is 7.95. The summed E-state index contributed by atoms with van der Waals surface area (Å²) in [5.74, 6) is -0.489. The Morgan fingerprint density at radius 3 is 2.04 bits per heavy atom. The van der Waals surface area contributed by atoms with Gasteiger partial charge in [0.05, 0.1) is 12.5 Å². The first-order valence-electron chi connectivity index (χ1n) is 7.95. The molecule has 1 heterocycles. The molecule has 0 fully saturated rings. The van der Waals surface area contributed by atoms with E-state index in [1.165, 1.54) is 6.07 Å². The Labute approximate surface area is 145 Å². The third kappa shape index (κ3) is 2.47. The number of ether oxygens (including phenoxy) is 2. The molecular weight excluding hydrogens is 314 g/mol. The van der Waals surface area contributed by atoms with E-state index < -0.39 is 5.79 Å². The Hall–Kier alpha value is -3.45. The number of phenols is 1. The fraction of sp³-hybridized carbons (Fsp3) is 0.0952. The smallest absolute Gasteiger partial charge is 0.305 e. The van der Waals surface area contributed by atoms with E-state index >= 15 is 0 Å². The topological polar surface area (TPSA) is 62.5 Å². The fourth-order valence-electron chi connectivity index (χ4n) is 3.05. The van der Waals surface area contributed by atoms with Crippen LogP contribution in [0.15, 0.2) is 72.8 Å². The highest BCUT2D eigenvalue weighted by Gasteiger charge is 2.46. The number of nitrogens with zero attached hydrogens (tertiary/aromatic N) is 1. The molecule has 4 heteroatoms. The van der Waals surface area contributed by atoms with Crippen LogP contribution in [-0.4, -0.2) is 5.11 Å². The number of phenolic OH excluding ortho intramolecular Hbond substituents is 1. The molecule has 0 radical (unpaired) electrons. The van der Waals surface area contributed by atoms with Gasteiger partial charge in [-0.2, -0.15) is 5.26 Å². The van der Waals surface area contributed by atoms with Crippen molar-refractivity contribution in [2.75, 3.05) is 0 Å². The van der Waals surface area contributed by atoms with Crippen molar-refractivity contribution in [3.05, 3.63) is 89.5 Å². The lowest BCUT2D eigenvalue weighted by Crippen LogP contribution is -2.36. The molecule has 1 aliphatic rings. The second-order valence-electron chi connectivity index (χ2n) is 5.83. The Morgan fingerprint density at radius 1 is 0.880 bits per heavy atom. The van der Waals surface area contributed by atoms with E-state index in [-0.39, 0.29) is 17.9 Å². The minimum atomic E-state index is -1.17. The lowest BCUT2D eigenvalue weighted by molar-refractivity contribution is -0.0467. The molecule has 0 spiro atoms. The highest BCUT2D eigenvalue weighted by molar-refractivity contribution is 5.58. The first-order chi connectivity index (χ1) is 12.2. The van der Waals surface area contributed by atoms with Crippen LogP contribution >= 0.6 is 0 Å². The minimum Gasteiger partial charge on any atom is -0.504 e. The number of nitriles is 1. The summed E-state index contributed by atoms with van der Waals surface area (Å²) in [6, 6.07) is 24.6. The van der Waals surface area contributed by atoms with Crippen molar-refractivity contribution in [3.63, 3.8) is 0 Å². The molecule has 122 valence electrons. The summed E-state index contributed by atoms with van der Waals surface area (Å²) >= 11 is 0. The largest absolute Gasteiger partial charge is 0.504 e. The molecule has 4 rings (SSSR count). The third-order valence-electron chi connectivity index (χ3n) is 4.19. The highest BCUT2D eigenvalue weighted by Crippen LogP contribution is 2.52. The van der Waals surface area contributed by atoms with Gasteiger partial charge >= 0.3 is 5.79 Å². The van der Waals surface area contributed by atoms with E-state index in [1.807, 2.05) is 60.7 Å². The zero-order chi connectivity index (χ0) is 17.3. The van der Waals surface area contributed by atoms with E-state index in [4.69, 9.17) is 14.7 Å². The molecule has 1 N–H and O–H groups in total. The van der Waals surface area contributed by atoms with Crippen molar-refractivity contribution in [1.82, 2.24) is 0 Å². The Morgan fingerprint density at radius 2 is 1.48 bits per heavy atom. The number of aromatic hydroxyl groups is 1. The maximum atomic E-state index is 10.4. The number of fused-ring (bicyclic) bond motifs is 1. The minimum absolute atomic E-state index is 0.0310. The molecule has 0 amide bonds. The first kappa shape index (κ1) is 15.1. The summed E-state index contributed by atoms with van der Waals surface area (Å²) in [4.78, 5) is 0. The molecule has 3 aromatic carbocycles. The van der Waals surface area contributed by atoms with E-state index in [1.54, 1.807) is 6.07 Å². The van der Waals surface area contributed by atoms with Crippen LogP contribution in [0.4, 0.5) is 0 Å². The van der Waals surface area contributed by atoms with Crippen LogP contribution in [0.3, 0.4) is 0 Å². The lowest BCUT2D eigenvalue weighted by Gasteiger charge is -2.28. The highest BCUT2D eigenvalue weighted by atomic mass is 16.7. The molecule has 0 aromatic heterocycles. The normalized spacial score (nSPS) is 14.0. The molecule has 1 aliphatic heterocycles. The molecule has 0 unspecified atom stereocenters. The van der Waals surface area contributed by atoms with Crippen LogP contribution in [-0.2, 0) is 12.2 Å². The van der Waals surface area contributed by atoms with Gasteiger partial charge in [-0.3, -0.25) is 0 Å². The molecule has 4 nitrogen and oxygen atoms in total. The number of hydrogen-bond acceptors (Lipinski definition) is 4. The van der Waals surface area contributed by atoms with Gasteiger partial charge in [0, 0.05) is 11.1 Å². The Balaban J connectivity index is 1.88. The van der Waals surface area contributed by atoms with Crippen molar-refractivity contribution in [3.8, 4) is 23.3 Å². The average Bonchev–Trinajstić information content (AvgIpc) is 3.05. The van der Waals surface area contributed by atoms with Gasteiger partial charge in [0.1, 0.15) is 0 Å². The zero-order valence-corrected chi connectivity index (χ0v) is 13.3. The van der Waals surface area contributed by atoms with Gasteiger partial charge in [-0.05, 0) is 17.7 Å². The molecule has 0 saturated heterocycles. The van der Waals surface area contributed by atoms with Gasteiger partial charge in [-0.25, -0.2) is 0 Å². The van der Waals surface area contributed by atoms with Crippen molar-refractivity contribution >= 4 is 0 Å². The Kier molecular flexibility index (Phi) is 3.55. The van der Waals surface area contributed by atoms with E-state index in [2.05, 4.69) is 6.07 Å². The maximum Gasteiger partial charge on any atom is 0.305 e. The van der Waals surface area contributed by atoms with Crippen LogP contribution in [0.1, 0.15) is 16.7 Å². The van der Waals surface area contributed by atoms with Crippen LogP contribution in [0, 0.1) is 11.3 Å². The second-order valence-corrected chi connectivity index (χ2v) is 5.83. The summed E-state index contributed by atoms with van der Waals surface area (Å²) in [5.41, 5.74) is 2.32. The summed E-state index contributed by atoms with van der Waals surface area (Å²) in [6.07, 6.45) is 0.188. The standard InChI is InChI=1S/C21H15NO3/c22-12-11-15-13-18(23)20-19(14-15)24-21(25-20,16-7-3-1-4-8-16)17-9-5-2-6-10-17/h1-10,13-14,23H,11H2.